The fourth-order valence-electron chi connectivity index (χ4n) is 2.14. The van der Waals surface area contributed by atoms with Crippen LogP contribution in [0, 0.1) is 6.92 Å². The molecule has 0 fully saturated rings. The van der Waals surface area contributed by atoms with Gasteiger partial charge in [0.1, 0.15) is 5.75 Å². The molecule has 0 bridgehead atoms. The Morgan fingerprint density at radius 1 is 1.08 bits per heavy atom. The van der Waals surface area contributed by atoms with E-state index in [2.05, 4.69) is 5.32 Å². The minimum absolute atomic E-state index is 0.0292. The molecule has 2 rings (SSSR count). The van der Waals surface area contributed by atoms with E-state index in [1.165, 1.54) is 45.5 Å². The fraction of sp³-hybridized carbons (Fsp3) is 0.235. The van der Waals surface area contributed by atoms with Gasteiger partial charge in [-0.05, 0) is 48.9 Å². The normalized spacial score (nSPS) is 11.4. The number of hydroxylamine groups is 1. The largest absolute Gasteiger partial charge is 0.495 e. The monoisotopic (exact) mass is 364 g/mol. The minimum Gasteiger partial charge on any atom is -0.495 e. The highest BCUT2D eigenvalue weighted by Crippen LogP contribution is 2.26. The molecule has 0 heterocycles. The van der Waals surface area contributed by atoms with Gasteiger partial charge in [-0.1, -0.05) is 10.5 Å². The van der Waals surface area contributed by atoms with Gasteiger partial charge in [0, 0.05) is 12.6 Å². The Morgan fingerprint density at radius 3 is 2.28 bits per heavy atom. The summed E-state index contributed by atoms with van der Waals surface area (Å²) < 4.78 is 30.3. The van der Waals surface area contributed by atoms with Crippen LogP contribution in [0.3, 0.4) is 0 Å². The van der Waals surface area contributed by atoms with Gasteiger partial charge in [-0.15, -0.1) is 0 Å². The number of ether oxygens (including phenoxy) is 1. The number of aryl methyl sites for hydroxylation is 1. The summed E-state index contributed by atoms with van der Waals surface area (Å²) in [5.41, 5.74) is 1.84. The van der Waals surface area contributed by atoms with Gasteiger partial charge in [0.15, 0.2) is 0 Å². The molecule has 2 aromatic carbocycles. The molecule has 0 saturated heterocycles. The van der Waals surface area contributed by atoms with Gasteiger partial charge in [0.05, 0.1) is 24.8 Å². The second-order valence-electron chi connectivity index (χ2n) is 5.28. The zero-order valence-corrected chi connectivity index (χ0v) is 15.3. The number of hydrogen-bond acceptors (Lipinski definition) is 5. The van der Waals surface area contributed by atoms with Crippen LogP contribution in [-0.2, 0) is 14.9 Å². The number of rotatable bonds is 6. The number of sulfonamides is 1. The maximum Gasteiger partial charge on any atom is 0.264 e. The lowest BCUT2D eigenvalue weighted by Crippen LogP contribution is -2.25. The van der Waals surface area contributed by atoms with E-state index in [1.807, 2.05) is 13.0 Å². The van der Waals surface area contributed by atoms with Crippen LogP contribution >= 0.6 is 0 Å². The molecule has 0 saturated carbocycles. The van der Waals surface area contributed by atoms with Crippen LogP contribution in [0.1, 0.15) is 15.9 Å². The van der Waals surface area contributed by atoms with Gasteiger partial charge < -0.3 is 10.1 Å². The van der Waals surface area contributed by atoms with Crippen LogP contribution in [-0.4, -0.2) is 40.1 Å². The second kappa shape index (κ2) is 7.64. The Bertz CT molecular complexity index is 863. The first kappa shape index (κ1) is 18.9. The first-order valence-electron chi connectivity index (χ1n) is 7.38. The van der Waals surface area contributed by atoms with E-state index in [0.29, 0.717) is 17.0 Å². The maximum absolute atomic E-state index is 12.4. The summed E-state index contributed by atoms with van der Waals surface area (Å²) in [5.74, 6) is 0.174. The number of nitrogens with zero attached hydrogens (tertiary/aromatic N) is 1. The smallest absolute Gasteiger partial charge is 0.264 e. The molecule has 1 N–H and O–H groups in total. The standard InChI is InChI=1S/C17H20N2O5S/c1-12-5-10-16(23-3)15(11-12)18-17(20)13-6-8-14(9-7-13)25(21,22)19(2)24-4/h5-11H,1-4H3,(H,18,20). The Labute approximate surface area is 147 Å². The van der Waals surface area contributed by atoms with Crippen LogP contribution < -0.4 is 10.1 Å². The fourth-order valence-corrected chi connectivity index (χ4v) is 3.11. The van der Waals surface area contributed by atoms with Crippen molar-refractivity contribution in [2.24, 2.45) is 0 Å². The third kappa shape index (κ3) is 4.16. The molecule has 0 aliphatic carbocycles. The number of anilines is 1. The topological polar surface area (TPSA) is 84.9 Å². The van der Waals surface area contributed by atoms with E-state index >= 15 is 0 Å². The molecule has 0 atom stereocenters. The predicted octanol–water partition coefficient (Wildman–Crippen LogP) is 2.44. The van der Waals surface area contributed by atoms with Gasteiger partial charge in [0.2, 0.25) is 0 Å². The maximum atomic E-state index is 12.4. The Kier molecular flexibility index (Phi) is 5.78. The average Bonchev–Trinajstić information content (AvgIpc) is 2.61. The summed E-state index contributed by atoms with van der Waals surface area (Å²) in [4.78, 5) is 17.1. The number of nitrogens with one attached hydrogen (secondary N) is 1. The van der Waals surface area contributed by atoms with Crippen molar-refractivity contribution in [1.29, 1.82) is 0 Å². The molecule has 7 nitrogen and oxygen atoms in total. The van der Waals surface area contributed by atoms with Gasteiger partial charge in [-0.2, -0.15) is 0 Å². The van der Waals surface area contributed by atoms with Crippen molar-refractivity contribution in [3.05, 3.63) is 53.6 Å². The van der Waals surface area contributed by atoms with Crippen molar-refractivity contribution in [3.8, 4) is 5.75 Å². The molecule has 0 aliphatic heterocycles. The molecule has 0 aromatic heterocycles. The SMILES string of the molecule is COc1ccc(C)cc1NC(=O)c1ccc(S(=O)(=O)N(C)OC)cc1. The number of hydrogen-bond donors (Lipinski definition) is 1. The van der Waals surface area contributed by atoms with E-state index in [9.17, 15) is 13.2 Å². The molecule has 134 valence electrons. The third-order valence-electron chi connectivity index (χ3n) is 3.61. The highest BCUT2D eigenvalue weighted by atomic mass is 32.2. The van der Waals surface area contributed by atoms with Crippen molar-refractivity contribution in [2.75, 3.05) is 26.6 Å². The van der Waals surface area contributed by atoms with E-state index in [0.717, 1.165) is 10.0 Å². The number of benzene rings is 2. The average molecular weight is 364 g/mol. The zero-order valence-electron chi connectivity index (χ0n) is 14.4. The van der Waals surface area contributed by atoms with E-state index < -0.39 is 10.0 Å². The van der Waals surface area contributed by atoms with Crippen molar-refractivity contribution in [3.63, 3.8) is 0 Å². The van der Waals surface area contributed by atoms with E-state index in [-0.39, 0.29) is 10.8 Å². The zero-order chi connectivity index (χ0) is 18.6. The molecule has 0 aliphatic rings. The van der Waals surface area contributed by atoms with Crippen LogP contribution in [0.2, 0.25) is 0 Å². The molecular formula is C17H20N2O5S. The number of carbonyl (C=O) groups is 1. The lowest BCUT2D eigenvalue weighted by atomic mass is 10.1. The number of carbonyl (C=O) groups excluding carboxylic acids is 1. The number of amides is 1. The molecule has 8 heteroatoms. The van der Waals surface area contributed by atoms with Crippen LogP contribution in [0.25, 0.3) is 0 Å². The van der Waals surface area contributed by atoms with Crippen molar-refractivity contribution >= 4 is 21.6 Å². The van der Waals surface area contributed by atoms with Gasteiger partial charge in [0.25, 0.3) is 15.9 Å². The summed E-state index contributed by atoms with van der Waals surface area (Å²) >= 11 is 0. The van der Waals surface area contributed by atoms with Gasteiger partial charge in [-0.25, -0.2) is 8.42 Å². The van der Waals surface area contributed by atoms with Gasteiger partial charge in [-0.3, -0.25) is 9.63 Å². The quantitative estimate of drug-likeness (QED) is 0.796. The first-order chi connectivity index (χ1) is 11.8. The lowest BCUT2D eigenvalue weighted by Gasteiger charge is -2.14. The minimum atomic E-state index is -3.75. The molecule has 25 heavy (non-hydrogen) atoms. The first-order valence-corrected chi connectivity index (χ1v) is 8.82. The Balaban J connectivity index is 2.23. The van der Waals surface area contributed by atoms with Crippen molar-refractivity contribution in [1.82, 2.24) is 4.47 Å². The predicted molar refractivity (Wildman–Crippen MR) is 94.1 cm³/mol. The van der Waals surface area contributed by atoms with Crippen LogP contribution in [0.5, 0.6) is 5.75 Å². The molecule has 1 amide bonds. The molecular weight excluding hydrogens is 344 g/mol. The van der Waals surface area contributed by atoms with Crippen LogP contribution in [0.4, 0.5) is 5.69 Å². The highest BCUT2D eigenvalue weighted by molar-refractivity contribution is 7.89. The summed E-state index contributed by atoms with van der Waals surface area (Å²) in [6, 6.07) is 11.0. The summed E-state index contributed by atoms with van der Waals surface area (Å²) in [5, 5.41) is 2.76. The lowest BCUT2D eigenvalue weighted by molar-refractivity contribution is -0.0258. The summed E-state index contributed by atoms with van der Waals surface area (Å²) in [7, 11) is 0.323. The molecule has 0 unspecified atom stereocenters. The van der Waals surface area contributed by atoms with Crippen LogP contribution in [0.15, 0.2) is 47.4 Å². The Morgan fingerprint density at radius 2 is 1.72 bits per heavy atom. The Hall–Kier alpha value is -2.42. The number of methoxy groups -OCH3 is 1. The highest BCUT2D eigenvalue weighted by Gasteiger charge is 2.21. The van der Waals surface area contributed by atoms with E-state index in [1.54, 1.807) is 12.1 Å². The van der Waals surface area contributed by atoms with Crippen molar-refractivity contribution in [2.45, 2.75) is 11.8 Å². The summed E-state index contributed by atoms with van der Waals surface area (Å²) in [6.45, 7) is 1.90. The third-order valence-corrected chi connectivity index (χ3v) is 5.31. The second-order valence-corrected chi connectivity index (χ2v) is 7.22. The van der Waals surface area contributed by atoms with Crippen molar-refractivity contribution < 1.29 is 22.8 Å². The molecule has 2 aromatic rings. The van der Waals surface area contributed by atoms with E-state index in [4.69, 9.17) is 9.57 Å². The van der Waals surface area contributed by atoms with Gasteiger partial charge >= 0.3 is 0 Å². The summed E-state index contributed by atoms with van der Waals surface area (Å²) in [6.07, 6.45) is 0. The molecule has 0 spiro atoms. The molecule has 0 radical (unpaired) electrons.